The van der Waals surface area contributed by atoms with Gasteiger partial charge in [-0.2, -0.15) is 0 Å². The molecule has 1 aromatic rings. The fraction of sp³-hybridized carbons (Fsp3) is 0.600. The first-order valence-electron chi connectivity index (χ1n) is 6.61. The van der Waals surface area contributed by atoms with E-state index in [9.17, 15) is 5.11 Å². The lowest BCUT2D eigenvalue weighted by Gasteiger charge is -2.28. The maximum Gasteiger partial charge on any atom is 0.0880 e. The molecule has 0 bridgehead atoms. The standard InChI is InChI=1S/C15H23NO/c1-15(17,10-11-16-2)14-8-6-13(7-9-14)12-4-3-5-12/h6-9,12,16-17H,3-5,10-11H2,1-2H3. The molecule has 2 nitrogen and oxygen atoms in total. The van der Waals surface area contributed by atoms with Crippen LogP contribution in [0.15, 0.2) is 24.3 Å². The average Bonchev–Trinajstić information content (AvgIpc) is 2.25. The van der Waals surface area contributed by atoms with Crippen LogP contribution in [0.4, 0.5) is 0 Å². The zero-order valence-electron chi connectivity index (χ0n) is 10.9. The molecular weight excluding hydrogens is 210 g/mol. The molecule has 0 amide bonds. The van der Waals surface area contributed by atoms with Gasteiger partial charge in [-0.15, -0.1) is 0 Å². The van der Waals surface area contributed by atoms with Crippen LogP contribution in [0, 0.1) is 0 Å². The molecule has 2 rings (SSSR count). The van der Waals surface area contributed by atoms with Crippen LogP contribution in [-0.4, -0.2) is 18.7 Å². The van der Waals surface area contributed by atoms with Crippen LogP contribution in [0.25, 0.3) is 0 Å². The molecule has 0 aromatic heterocycles. The number of hydrogen-bond donors (Lipinski definition) is 2. The van der Waals surface area contributed by atoms with Crippen LogP contribution in [0.2, 0.25) is 0 Å². The Morgan fingerprint density at radius 3 is 2.41 bits per heavy atom. The van der Waals surface area contributed by atoms with Crippen molar-refractivity contribution in [2.24, 2.45) is 0 Å². The van der Waals surface area contributed by atoms with E-state index in [0.29, 0.717) is 0 Å². The highest BCUT2D eigenvalue weighted by Gasteiger charge is 2.24. The van der Waals surface area contributed by atoms with Crippen molar-refractivity contribution in [3.8, 4) is 0 Å². The van der Waals surface area contributed by atoms with Gasteiger partial charge in [0.2, 0.25) is 0 Å². The van der Waals surface area contributed by atoms with E-state index >= 15 is 0 Å². The SMILES string of the molecule is CNCCC(C)(O)c1ccc(C2CCC2)cc1. The van der Waals surface area contributed by atoms with Crippen molar-refractivity contribution in [1.29, 1.82) is 0 Å². The highest BCUT2D eigenvalue weighted by atomic mass is 16.3. The Bertz CT molecular complexity index is 352. The second-order valence-electron chi connectivity index (χ2n) is 5.38. The average molecular weight is 233 g/mol. The van der Waals surface area contributed by atoms with Gasteiger partial charge in [0.15, 0.2) is 0 Å². The van der Waals surface area contributed by atoms with E-state index in [4.69, 9.17) is 0 Å². The molecule has 0 aliphatic heterocycles. The number of rotatable bonds is 5. The molecule has 0 spiro atoms. The van der Waals surface area contributed by atoms with Gasteiger partial charge < -0.3 is 10.4 Å². The van der Waals surface area contributed by atoms with Gasteiger partial charge in [0.1, 0.15) is 0 Å². The van der Waals surface area contributed by atoms with Crippen LogP contribution < -0.4 is 5.32 Å². The molecule has 0 saturated heterocycles. The second kappa shape index (κ2) is 5.19. The molecule has 1 aromatic carbocycles. The lowest BCUT2D eigenvalue weighted by atomic mass is 9.79. The lowest BCUT2D eigenvalue weighted by molar-refractivity contribution is 0.0485. The maximum atomic E-state index is 10.4. The summed E-state index contributed by atoms with van der Waals surface area (Å²) in [6.45, 7) is 2.72. The molecule has 1 fully saturated rings. The Morgan fingerprint density at radius 2 is 1.94 bits per heavy atom. The van der Waals surface area contributed by atoms with Crippen LogP contribution in [0.1, 0.15) is 49.7 Å². The van der Waals surface area contributed by atoms with Gasteiger partial charge in [0.05, 0.1) is 5.60 Å². The van der Waals surface area contributed by atoms with Gasteiger partial charge in [-0.25, -0.2) is 0 Å². The summed E-state index contributed by atoms with van der Waals surface area (Å²) in [7, 11) is 1.91. The molecule has 2 heteroatoms. The normalized spacial score (nSPS) is 19.7. The second-order valence-corrected chi connectivity index (χ2v) is 5.38. The zero-order valence-corrected chi connectivity index (χ0v) is 10.9. The Labute approximate surface area is 104 Å². The third kappa shape index (κ3) is 2.88. The highest BCUT2D eigenvalue weighted by molar-refractivity contribution is 5.29. The molecule has 1 aliphatic rings. The minimum absolute atomic E-state index is 0.721. The molecule has 2 N–H and O–H groups in total. The van der Waals surface area contributed by atoms with Gasteiger partial charge in [0, 0.05) is 0 Å². The molecule has 1 aliphatic carbocycles. The molecule has 17 heavy (non-hydrogen) atoms. The summed E-state index contributed by atoms with van der Waals surface area (Å²) in [6.07, 6.45) is 4.77. The van der Waals surface area contributed by atoms with Crippen molar-refractivity contribution < 1.29 is 5.11 Å². The van der Waals surface area contributed by atoms with Gasteiger partial charge in [-0.05, 0) is 56.8 Å². The zero-order chi connectivity index (χ0) is 12.3. The summed E-state index contributed by atoms with van der Waals surface area (Å²) in [5, 5.41) is 13.5. The molecule has 0 radical (unpaired) electrons. The number of aliphatic hydroxyl groups is 1. The number of hydrogen-bond acceptors (Lipinski definition) is 2. The van der Waals surface area contributed by atoms with Gasteiger partial charge >= 0.3 is 0 Å². The van der Waals surface area contributed by atoms with Crippen molar-refractivity contribution in [2.75, 3.05) is 13.6 Å². The molecule has 1 unspecified atom stereocenters. The fourth-order valence-corrected chi connectivity index (χ4v) is 2.37. The third-order valence-corrected chi connectivity index (χ3v) is 3.97. The van der Waals surface area contributed by atoms with Crippen LogP contribution in [-0.2, 0) is 5.60 Å². The topological polar surface area (TPSA) is 32.3 Å². The smallest absolute Gasteiger partial charge is 0.0880 e. The van der Waals surface area contributed by atoms with Crippen LogP contribution in [0.5, 0.6) is 0 Å². The predicted octanol–water partition coefficient (Wildman–Crippen LogP) is 2.77. The van der Waals surface area contributed by atoms with E-state index in [1.807, 2.05) is 14.0 Å². The van der Waals surface area contributed by atoms with E-state index in [-0.39, 0.29) is 0 Å². The molecule has 1 saturated carbocycles. The Balaban J connectivity index is 2.05. The first kappa shape index (κ1) is 12.6. The van der Waals surface area contributed by atoms with E-state index in [2.05, 4.69) is 29.6 Å². The van der Waals surface area contributed by atoms with Gasteiger partial charge in [0.25, 0.3) is 0 Å². The third-order valence-electron chi connectivity index (χ3n) is 3.97. The first-order valence-corrected chi connectivity index (χ1v) is 6.61. The van der Waals surface area contributed by atoms with Crippen molar-refractivity contribution in [2.45, 2.75) is 44.1 Å². The summed E-state index contributed by atoms with van der Waals surface area (Å²) < 4.78 is 0. The van der Waals surface area contributed by atoms with Crippen LogP contribution in [0.3, 0.4) is 0 Å². The molecule has 1 atom stereocenters. The van der Waals surface area contributed by atoms with E-state index < -0.39 is 5.60 Å². The highest BCUT2D eigenvalue weighted by Crippen LogP contribution is 2.37. The van der Waals surface area contributed by atoms with E-state index in [1.165, 1.54) is 24.8 Å². The minimum Gasteiger partial charge on any atom is -0.385 e. The van der Waals surface area contributed by atoms with Gasteiger partial charge in [-0.1, -0.05) is 30.7 Å². The summed E-state index contributed by atoms with van der Waals surface area (Å²) >= 11 is 0. The molecule has 0 heterocycles. The quantitative estimate of drug-likeness (QED) is 0.819. The van der Waals surface area contributed by atoms with Crippen molar-refractivity contribution >= 4 is 0 Å². The maximum absolute atomic E-state index is 10.4. The monoisotopic (exact) mass is 233 g/mol. The van der Waals surface area contributed by atoms with Crippen molar-refractivity contribution in [3.63, 3.8) is 0 Å². The number of benzene rings is 1. The minimum atomic E-state index is -0.721. The van der Waals surface area contributed by atoms with Crippen LogP contribution >= 0.6 is 0 Å². The Kier molecular flexibility index (Phi) is 3.85. The van der Waals surface area contributed by atoms with Crippen molar-refractivity contribution in [3.05, 3.63) is 35.4 Å². The largest absolute Gasteiger partial charge is 0.385 e. The Hall–Kier alpha value is -0.860. The first-order chi connectivity index (χ1) is 8.13. The summed E-state index contributed by atoms with van der Waals surface area (Å²) in [5.74, 6) is 0.770. The Morgan fingerprint density at radius 1 is 1.29 bits per heavy atom. The van der Waals surface area contributed by atoms with Gasteiger partial charge in [-0.3, -0.25) is 0 Å². The molecular formula is C15H23NO. The van der Waals surface area contributed by atoms with E-state index in [1.54, 1.807) is 0 Å². The number of nitrogens with one attached hydrogen (secondary N) is 1. The summed E-state index contributed by atoms with van der Waals surface area (Å²) in [5.41, 5.74) is 1.74. The fourth-order valence-electron chi connectivity index (χ4n) is 2.37. The summed E-state index contributed by atoms with van der Waals surface area (Å²) in [6, 6.07) is 8.55. The predicted molar refractivity (Wildman–Crippen MR) is 71.1 cm³/mol. The summed E-state index contributed by atoms with van der Waals surface area (Å²) in [4.78, 5) is 0. The molecule has 94 valence electrons. The van der Waals surface area contributed by atoms with Crippen molar-refractivity contribution in [1.82, 2.24) is 5.32 Å². The van der Waals surface area contributed by atoms with E-state index in [0.717, 1.165) is 24.4 Å². The lowest BCUT2D eigenvalue weighted by Crippen LogP contribution is -2.26.